The first kappa shape index (κ1) is 15.8. The standard InChI is InChI=1S/C5H12O3.C3H6O3/c1-5(6-2,7-3)8-4;1-2(4)3(5)6/h1-4H3;2,4H,1H3,(H,5,6). The van der Waals surface area contributed by atoms with Crippen LogP contribution in [-0.4, -0.2) is 49.6 Å². The topological polar surface area (TPSA) is 85.2 Å². The minimum Gasteiger partial charge on any atom is -0.479 e. The number of aliphatic carboxylic acids is 1. The third-order valence-electron chi connectivity index (χ3n) is 1.47. The van der Waals surface area contributed by atoms with Crippen LogP contribution in [0, 0.1) is 0 Å². The monoisotopic (exact) mass is 210 g/mol. The van der Waals surface area contributed by atoms with Gasteiger partial charge in [-0.2, -0.15) is 0 Å². The van der Waals surface area contributed by atoms with Gasteiger partial charge in [0.05, 0.1) is 0 Å². The third-order valence-corrected chi connectivity index (χ3v) is 1.47. The maximum absolute atomic E-state index is 9.45. The van der Waals surface area contributed by atoms with Gasteiger partial charge in [-0.25, -0.2) is 4.79 Å². The summed E-state index contributed by atoms with van der Waals surface area (Å²) < 4.78 is 14.4. The lowest BCUT2D eigenvalue weighted by molar-refractivity contribution is -0.340. The minimum absolute atomic E-state index is 0.875. The Bertz CT molecular complexity index is 144. The van der Waals surface area contributed by atoms with Gasteiger partial charge >= 0.3 is 5.97 Å². The second-order valence-corrected chi connectivity index (χ2v) is 2.49. The summed E-state index contributed by atoms with van der Waals surface area (Å²) in [5.74, 6) is -2.06. The number of ether oxygens (including phenoxy) is 3. The summed E-state index contributed by atoms with van der Waals surface area (Å²) in [5.41, 5.74) is 0. The molecular formula is C8H18O6. The van der Waals surface area contributed by atoms with E-state index in [0.29, 0.717) is 0 Å². The van der Waals surface area contributed by atoms with Crippen LogP contribution in [0.4, 0.5) is 0 Å². The Labute approximate surface area is 83.4 Å². The van der Waals surface area contributed by atoms with Crippen molar-refractivity contribution in [2.45, 2.75) is 25.9 Å². The molecule has 1 atom stereocenters. The molecule has 0 aromatic heterocycles. The lowest BCUT2D eigenvalue weighted by Gasteiger charge is -2.23. The first-order valence-electron chi connectivity index (χ1n) is 3.89. The van der Waals surface area contributed by atoms with Crippen LogP contribution in [0.5, 0.6) is 0 Å². The molecule has 2 N–H and O–H groups in total. The van der Waals surface area contributed by atoms with Gasteiger partial charge in [-0.3, -0.25) is 0 Å². The molecule has 1 unspecified atom stereocenters. The Morgan fingerprint density at radius 2 is 1.43 bits per heavy atom. The van der Waals surface area contributed by atoms with E-state index in [2.05, 4.69) is 0 Å². The number of carbonyl (C=O) groups is 1. The summed E-state index contributed by atoms with van der Waals surface area (Å²) in [6, 6.07) is 0. The zero-order chi connectivity index (χ0) is 11.8. The number of hydrogen-bond acceptors (Lipinski definition) is 5. The highest BCUT2D eigenvalue weighted by Gasteiger charge is 2.20. The van der Waals surface area contributed by atoms with Crippen LogP contribution >= 0.6 is 0 Å². The van der Waals surface area contributed by atoms with E-state index in [1.54, 1.807) is 6.92 Å². The maximum Gasteiger partial charge on any atom is 0.332 e. The summed E-state index contributed by atoms with van der Waals surface area (Å²) in [6.45, 7) is 2.88. The molecule has 0 aromatic carbocycles. The first-order chi connectivity index (χ1) is 6.32. The van der Waals surface area contributed by atoms with Crippen molar-refractivity contribution < 1.29 is 29.2 Å². The molecule has 86 valence electrons. The molecule has 0 saturated carbocycles. The zero-order valence-electron chi connectivity index (χ0n) is 9.10. The Hall–Kier alpha value is -0.690. The van der Waals surface area contributed by atoms with Crippen molar-refractivity contribution >= 4 is 5.97 Å². The second-order valence-electron chi connectivity index (χ2n) is 2.49. The predicted octanol–water partition coefficient (Wildman–Crippen LogP) is 0.0511. The van der Waals surface area contributed by atoms with E-state index >= 15 is 0 Å². The molecule has 0 radical (unpaired) electrons. The highest BCUT2D eigenvalue weighted by molar-refractivity contribution is 5.71. The molecule has 0 aliphatic carbocycles. The summed E-state index contributed by atoms with van der Waals surface area (Å²) >= 11 is 0. The van der Waals surface area contributed by atoms with Crippen LogP contribution in [0.25, 0.3) is 0 Å². The van der Waals surface area contributed by atoms with Crippen molar-refractivity contribution in [3.63, 3.8) is 0 Å². The van der Waals surface area contributed by atoms with Gasteiger partial charge in [0.2, 0.25) is 0 Å². The maximum atomic E-state index is 9.45. The molecule has 0 aromatic rings. The van der Waals surface area contributed by atoms with Crippen molar-refractivity contribution in [1.82, 2.24) is 0 Å². The van der Waals surface area contributed by atoms with Crippen molar-refractivity contribution in [2.24, 2.45) is 0 Å². The molecule has 0 heterocycles. The average Bonchev–Trinajstić information content (AvgIpc) is 2.17. The fourth-order valence-corrected chi connectivity index (χ4v) is 0.250. The normalized spacial score (nSPS) is 12.7. The van der Waals surface area contributed by atoms with Gasteiger partial charge in [-0.05, 0) is 6.92 Å². The summed E-state index contributed by atoms with van der Waals surface area (Å²) in [4.78, 5) is 9.45. The fraction of sp³-hybridized carbons (Fsp3) is 0.875. The quantitative estimate of drug-likeness (QED) is 0.638. The van der Waals surface area contributed by atoms with Crippen LogP contribution < -0.4 is 0 Å². The minimum atomic E-state index is -1.23. The fourth-order valence-electron chi connectivity index (χ4n) is 0.250. The summed E-state index contributed by atoms with van der Waals surface area (Å²) in [7, 11) is 4.56. The van der Waals surface area contributed by atoms with E-state index in [9.17, 15) is 4.79 Å². The number of methoxy groups -OCH3 is 3. The van der Waals surface area contributed by atoms with E-state index in [1.807, 2.05) is 0 Å². The zero-order valence-corrected chi connectivity index (χ0v) is 9.10. The Morgan fingerprint density at radius 1 is 1.21 bits per heavy atom. The lowest BCUT2D eigenvalue weighted by Crippen LogP contribution is -2.31. The highest BCUT2D eigenvalue weighted by atomic mass is 16.9. The van der Waals surface area contributed by atoms with Gasteiger partial charge in [-0.15, -0.1) is 0 Å². The van der Waals surface area contributed by atoms with Crippen molar-refractivity contribution in [3.8, 4) is 0 Å². The molecule has 0 aliphatic rings. The van der Waals surface area contributed by atoms with Crippen LogP contribution in [0.2, 0.25) is 0 Å². The third kappa shape index (κ3) is 7.93. The Morgan fingerprint density at radius 3 is 1.43 bits per heavy atom. The number of carboxylic acid groups (broad SMARTS) is 1. The second kappa shape index (κ2) is 7.69. The smallest absolute Gasteiger partial charge is 0.332 e. The van der Waals surface area contributed by atoms with E-state index in [-0.39, 0.29) is 0 Å². The Kier molecular flexibility index (Phi) is 8.66. The van der Waals surface area contributed by atoms with Gasteiger partial charge in [0.25, 0.3) is 5.97 Å². The number of rotatable bonds is 4. The van der Waals surface area contributed by atoms with Crippen LogP contribution in [0.15, 0.2) is 0 Å². The van der Waals surface area contributed by atoms with Crippen molar-refractivity contribution in [2.75, 3.05) is 21.3 Å². The van der Waals surface area contributed by atoms with E-state index in [0.717, 1.165) is 0 Å². The van der Waals surface area contributed by atoms with Gasteiger partial charge in [0.1, 0.15) is 6.10 Å². The molecule has 0 saturated heterocycles. The average molecular weight is 210 g/mol. The number of carboxylic acids is 1. The molecule has 6 nitrogen and oxygen atoms in total. The first-order valence-corrected chi connectivity index (χ1v) is 3.89. The molecule has 6 heteroatoms. The van der Waals surface area contributed by atoms with E-state index in [1.165, 1.54) is 28.3 Å². The molecule has 14 heavy (non-hydrogen) atoms. The molecule has 0 rings (SSSR count). The van der Waals surface area contributed by atoms with Gasteiger partial charge < -0.3 is 24.4 Å². The SMILES string of the molecule is CC(O)C(=O)O.COC(C)(OC)OC. The Balaban J connectivity index is 0. The van der Waals surface area contributed by atoms with Crippen LogP contribution in [0.1, 0.15) is 13.8 Å². The molecule has 0 amide bonds. The van der Waals surface area contributed by atoms with Gasteiger partial charge in [-0.1, -0.05) is 0 Å². The molecular weight excluding hydrogens is 192 g/mol. The highest BCUT2D eigenvalue weighted by Crippen LogP contribution is 2.08. The van der Waals surface area contributed by atoms with Crippen LogP contribution in [0.3, 0.4) is 0 Å². The van der Waals surface area contributed by atoms with E-state index < -0.39 is 18.0 Å². The summed E-state index contributed by atoms with van der Waals surface area (Å²) in [5, 5.41) is 15.8. The van der Waals surface area contributed by atoms with Crippen molar-refractivity contribution in [1.29, 1.82) is 0 Å². The molecule has 0 spiro atoms. The number of aliphatic hydroxyl groups is 1. The molecule has 0 fully saturated rings. The number of hydrogen-bond donors (Lipinski definition) is 2. The van der Waals surface area contributed by atoms with Crippen molar-refractivity contribution in [3.05, 3.63) is 0 Å². The summed E-state index contributed by atoms with van der Waals surface area (Å²) in [6.07, 6.45) is -1.23. The largest absolute Gasteiger partial charge is 0.479 e. The molecule has 0 aliphatic heterocycles. The number of aliphatic hydroxyl groups excluding tert-OH is 1. The van der Waals surface area contributed by atoms with E-state index in [4.69, 9.17) is 24.4 Å². The van der Waals surface area contributed by atoms with Gasteiger partial charge in [0, 0.05) is 28.3 Å². The predicted molar refractivity (Wildman–Crippen MR) is 48.7 cm³/mol. The van der Waals surface area contributed by atoms with Gasteiger partial charge in [0.15, 0.2) is 0 Å². The van der Waals surface area contributed by atoms with Crippen LogP contribution in [-0.2, 0) is 19.0 Å². The lowest BCUT2D eigenvalue weighted by atomic mass is 10.4. The molecule has 0 bridgehead atoms.